The number of fused-ring (bicyclic) bond motifs is 1. The number of halogens is 2. The second kappa shape index (κ2) is 5.45. The lowest BCUT2D eigenvalue weighted by Crippen LogP contribution is -2.45. The number of rotatable bonds is 2. The maximum absolute atomic E-state index is 14.6. The minimum atomic E-state index is -2.69. The first-order valence-electron chi connectivity index (χ1n) is 8.27. The van der Waals surface area contributed by atoms with Gasteiger partial charge in [0.25, 0.3) is 5.92 Å². The molecule has 5 heteroatoms. The molecule has 3 nitrogen and oxygen atoms in total. The molecular formula is C19H21F2N3. The molecule has 0 amide bonds. The van der Waals surface area contributed by atoms with Gasteiger partial charge in [0.2, 0.25) is 0 Å². The van der Waals surface area contributed by atoms with Crippen LogP contribution in [-0.4, -0.2) is 40.9 Å². The summed E-state index contributed by atoms with van der Waals surface area (Å²) in [5.74, 6) is -3.41. The molecule has 0 saturated carbocycles. The number of piperidine rings is 1. The lowest BCUT2D eigenvalue weighted by molar-refractivity contribution is -0.0766. The van der Waals surface area contributed by atoms with Gasteiger partial charge >= 0.3 is 0 Å². The standard InChI is InChI=1S/C19H21F2N3/c1-12-8-14-15(17-4-3-6-22-17)10-23-18(14)9-13(12)16-5-7-24(2)11-19(16,20)21/h3-4,6,8-10,16,22-23H,5,7,11H2,1-2H3. The highest BCUT2D eigenvalue weighted by Crippen LogP contribution is 2.42. The van der Waals surface area contributed by atoms with Crippen molar-refractivity contribution in [2.45, 2.75) is 25.2 Å². The number of aromatic nitrogens is 2. The summed E-state index contributed by atoms with van der Waals surface area (Å²) in [6, 6.07) is 7.91. The van der Waals surface area contributed by atoms with Crippen molar-refractivity contribution in [1.29, 1.82) is 0 Å². The van der Waals surface area contributed by atoms with Gasteiger partial charge < -0.3 is 14.9 Å². The molecule has 0 spiro atoms. The smallest absolute Gasteiger partial charge is 0.267 e. The Labute approximate surface area is 139 Å². The van der Waals surface area contributed by atoms with Crippen molar-refractivity contribution < 1.29 is 8.78 Å². The van der Waals surface area contributed by atoms with E-state index in [0.717, 1.165) is 33.3 Å². The van der Waals surface area contributed by atoms with Crippen LogP contribution in [0.25, 0.3) is 22.2 Å². The molecule has 126 valence electrons. The van der Waals surface area contributed by atoms with Crippen LogP contribution in [0.4, 0.5) is 8.78 Å². The van der Waals surface area contributed by atoms with E-state index in [1.54, 1.807) is 11.9 Å². The first-order valence-corrected chi connectivity index (χ1v) is 8.27. The molecule has 1 aliphatic rings. The molecule has 1 aliphatic heterocycles. The number of nitrogens with one attached hydrogen (secondary N) is 2. The van der Waals surface area contributed by atoms with Crippen LogP contribution < -0.4 is 0 Å². The summed E-state index contributed by atoms with van der Waals surface area (Å²) >= 11 is 0. The van der Waals surface area contributed by atoms with E-state index < -0.39 is 11.8 Å². The highest BCUT2D eigenvalue weighted by Gasteiger charge is 2.44. The highest BCUT2D eigenvalue weighted by molar-refractivity contribution is 5.95. The van der Waals surface area contributed by atoms with Crippen LogP contribution in [0, 0.1) is 6.92 Å². The van der Waals surface area contributed by atoms with Crippen molar-refractivity contribution in [2.75, 3.05) is 20.1 Å². The molecule has 1 atom stereocenters. The second-order valence-electron chi connectivity index (χ2n) is 6.88. The Morgan fingerprint density at radius 1 is 1.25 bits per heavy atom. The van der Waals surface area contributed by atoms with Gasteiger partial charge in [-0.05, 0) is 62.3 Å². The molecule has 0 bridgehead atoms. The van der Waals surface area contributed by atoms with Crippen LogP contribution in [0.1, 0.15) is 23.5 Å². The number of H-pyrrole nitrogens is 2. The number of aromatic amines is 2. The monoisotopic (exact) mass is 329 g/mol. The SMILES string of the molecule is Cc1cc2c(-c3ccc[nH]3)c[nH]c2cc1C1CCN(C)CC1(F)F. The van der Waals surface area contributed by atoms with Crippen LogP contribution in [0.15, 0.2) is 36.7 Å². The van der Waals surface area contributed by atoms with E-state index in [0.29, 0.717) is 13.0 Å². The Hall–Kier alpha value is -2.14. The number of hydrogen-bond donors (Lipinski definition) is 2. The van der Waals surface area contributed by atoms with Crippen molar-refractivity contribution in [3.63, 3.8) is 0 Å². The normalized spacial score (nSPS) is 21.4. The molecule has 0 aliphatic carbocycles. The van der Waals surface area contributed by atoms with Gasteiger partial charge in [0.1, 0.15) is 0 Å². The molecular weight excluding hydrogens is 308 g/mol. The average molecular weight is 329 g/mol. The summed E-state index contributed by atoms with van der Waals surface area (Å²) in [6.07, 6.45) is 4.31. The molecule has 3 aromatic rings. The van der Waals surface area contributed by atoms with Gasteiger partial charge in [0.15, 0.2) is 0 Å². The van der Waals surface area contributed by atoms with Crippen LogP contribution in [0.2, 0.25) is 0 Å². The third-order valence-corrected chi connectivity index (χ3v) is 5.12. The Balaban J connectivity index is 1.79. The zero-order valence-corrected chi connectivity index (χ0v) is 13.9. The summed E-state index contributed by atoms with van der Waals surface area (Å²) in [6.45, 7) is 2.47. The average Bonchev–Trinajstić information content (AvgIpc) is 3.14. The minimum absolute atomic E-state index is 0.173. The van der Waals surface area contributed by atoms with Crippen molar-refractivity contribution in [3.8, 4) is 11.3 Å². The van der Waals surface area contributed by atoms with Crippen molar-refractivity contribution in [1.82, 2.24) is 14.9 Å². The fourth-order valence-corrected chi connectivity index (χ4v) is 3.88. The molecule has 1 saturated heterocycles. The quantitative estimate of drug-likeness (QED) is 0.712. The van der Waals surface area contributed by atoms with E-state index in [1.165, 1.54) is 0 Å². The Bertz CT molecular complexity index is 864. The highest BCUT2D eigenvalue weighted by atomic mass is 19.3. The Morgan fingerprint density at radius 2 is 2.08 bits per heavy atom. The van der Waals surface area contributed by atoms with Crippen LogP contribution in [-0.2, 0) is 0 Å². The number of likely N-dealkylation sites (tertiary alicyclic amines) is 1. The minimum Gasteiger partial charge on any atom is -0.361 e. The van der Waals surface area contributed by atoms with E-state index in [9.17, 15) is 8.78 Å². The molecule has 24 heavy (non-hydrogen) atoms. The predicted molar refractivity (Wildman–Crippen MR) is 92.6 cm³/mol. The van der Waals surface area contributed by atoms with Gasteiger partial charge in [0, 0.05) is 34.6 Å². The first-order chi connectivity index (χ1) is 11.5. The predicted octanol–water partition coefficient (Wildman–Crippen LogP) is 4.53. The largest absolute Gasteiger partial charge is 0.361 e. The van der Waals surface area contributed by atoms with Crippen molar-refractivity contribution in [3.05, 3.63) is 47.8 Å². The fourth-order valence-electron chi connectivity index (χ4n) is 3.88. The van der Waals surface area contributed by atoms with E-state index in [1.807, 2.05) is 43.6 Å². The van der Waals surface area contributed by atoms with Crippen molar-refractivity contribution in [2.24, 2.45) is 0 Å². The number of alkyl halides is 2. The number of aryl methyl sites for hydroxylation is 1. The lowest BCUT2D eigenvalue weighted by atomic mass is 9.83. The fraction of sp³-hybridized carbons (Fsp3) is 0.368. The van der Waals surface area contributed by atoms with E-state index >= 15 is 0 Å². The molecule has 1 fully saturated rings. The number of nitrogens with zero attached hydrogens (tertiary/aromatic N) is 1. The topological polar surface area (TPSA) is 34.8 Å². The maximum Gasteiger partial charge on any atom is 0.267 e. The zero-order chi connectivity index (χ0) is 16.9. The summed E-state index contributed by atoms with van der Waals surface area (Å²) in [4.78, 5) is 8.16. The third-order valence-electron chi connectivity index (χ3n) is 5.12. The van der Waals surface area contributed by atoms with Crippen molar-refractivity contribution >= 4 is 10.9 Å². The summed E-state index contributed by atoms with van der Waals surface area (Å²) < 4.78 is 29.1. The molecule has 2 aromatic heterocycles. The molecule has 1 aromatic carbocycles. The maximum atomic E-state index is 14.6. The van der Waals surface area contributed by atoms with Crippen LogP contribution in [0.3, 0.4) is 0 Å². The van der Waals surface area contributed by atoms with Crippen LogP contribution >= 0.6 is 0 Å². The number of hydrogen-bond acceptors (Lipinski definition) is 1. The zero-order valence-electron chi connectivity index (χ0n) is 13.9. The van der Waals surface area contributed by atoms with E-state index in [2.05, 4.69) is 9.97 Å². The molecule has 1 unspecified atom stereocenters. The molecule has 3 heterocycles. The van der Waals surface area contributed by atoms with E-state index in [4.69, 9.17) is 0 Å². The summed E-state index contributed by atoms with van der Waals surface area (Å²) in [7, 11) is 1.76. The Morgan fingerprint density at radius 3 is 2.79 bits per heavy atom. The van der Waals surface area contributed by atoms with Gasteiger partial charge in [-0.1, -0.05) is 0 Å². The lowest BCUT2D eigenvalue weighted by Gasteiger charge is -2.37. The third kappa shape index (κ3) is 2.44. The van der Waals surface area contributed by atoms with E-state index in [-0.39, 0.29) is 6.54 Å². The van der Waals surface area contributed by atoms with Gasteiger partial charge in [-0.15, -0.1) is 0 Å². The summed E-state index contributed by atoms with van der Waals surface area (Å²) in [5, 5.41) is 1.06. The van der Waals surface area contributed by atoms with Gasteiger partial charge in [-0.25, -0.2) is 8.78 Å². The summed E-state index contributed by atoms with van der Waals surface area (Å²) in [5.41, 5.74) is 4.71. The first kappa shape index (κ1) is 15.4. The second-order valence-corrected chi connectivity index (χ2v) is 6.88. The van der Waals surface area contributed by atoms with Gasteiger partial charge in [0.05, 0.1) is 12.5 Å². The molecule has 0 radical (unpaired) electrons. The van der Waals surface area contributed by atoms with Gasteiger partial charge in [-0.3, -0.25) is 0 Å². The molecule has 2 N–H and O–H groups in total. The molecule has 4 rings (SSSR count). The number of benzene rings is 1. The Kier molecular flexibility index (Phi) is 3.49. The van der Waals surface area contributed by atoms with Gasteiger partial charge in [-0.2, -0.15) is 0 Å². The van der Waals surface area contributed by atoms with Crippen LogP contribution in [0.5, 0.6) is 0 Å².